The SMILES string of the molecule is CC(=O)OC[C@H]1O[C@@H](OC2=CC=CC(C(C)C)=CC2O)[C@H](OC(C)=O)[C@@H](OC(C)=O)[C@@H]1OC(C)=O. The van der Waals surface area contributed by atoms with Crippen LogP contribution in [0.5, 0.6) is 0 Å². The van der Waals surface area contributed by atoms with Crippen molar-refractivity contribution in [2.75, 3.05) is 6.61 Å². The molecule has 0 spiro atoms. The van der Waals surface area contributed by atoms with E-state index in [0.717, 1.165) is 26.3 Å². The first-order chi connectivity index (χ1) is 16.4. The fraction of sp³-hybridized carbons (Fsp3) is 0.583. The molecule has 0 aromatic carbocycles. The van der Waals surface area contributed by atoms with E-state index >= 15 is 0 Å². The molecule has 0 aromatic heterocycles. The van der Waals surface area contributed by atoms with Crippen molar-refractivity contribution >= 4 is 23.9 Å². The Kier molecular flexibility index (Phi) is 10.0. The summed E-state index contributed by atoms with van der Waals surface area (Å²) >= 11 is 0. The van der Waals surface area contributed by atoms with Gasteiger partial charge in [0.2, 0.25) is 12.4 Å². The highest BCUT2D eigenvalue weighted by Crippen LogP contribution is 2.32. The van der Waals surface area contributed by atoms with Gasteiger partial charge >= 0.3 is 23.9 Å². The van der Waals surface area contributed by atoms with Crippen LogP contribution in [0.1, 0.15) is 41.5 Å². The molecule has 35 heavy (non-hydrogen) atoms. The zero-order chi connectivity index (χ0) is 26.3. The maximum atomic E-state index is 11.9. The molecule has 0 amide bonds. The van der Waals surface area contributed by atoms with E-state index in [1.54, 1.807) is 12.2 Å². The summed E-state index contributed by atoms with van der Waals surface area (Å²) in [6, 6.07) is 0. The molecule has 0 saturated carbocycles. The van der Waals surface area contributed by atoms with E-state index in [1.165, 1.54) is 13.0 Å². The third-order valence-electron chi connectivity index (χ3n) is 5.06. The van der Waals surface area contributed by atoms with Gasteiger partial charge in [0.15, 0.2) is 12.2 Å². The van der Waals surface area contributed by atoms with Crippen molar-refractivity contribution in [2.45, 2.75) is 78.4 Å². The Labute approximate surface area is 203 Å². The monoisotopic (exact) mass is 496 g/mol. The first-order valence-corrected chi connectivity index (χ1v) is 11.1. The fourth-order valence-corrected chi connectivity index (χ4v) is 3.58. The average Bonchev–Trinajstić information content (AvgIpc) is 2.91. The Bertz CT molecular complexity index is 901. The molecular weight excluding hydrogens is 464 g/mol. The van der Waals surface area contributed by atoms with Crippen molar-refractivity contribution in [3.63, 3.8) is 0 Å². The van der Waals surface area contributed by atoms with Crippen LogP contribution in [-0.4, -0.2) is 72.4 Å². The minimum absolute atomic E-state index is 0.0674. The van der Waals surface area contributed by atoms with Crippen molar-refractivity contribution in [3.8, 4) is 0 Å². The normalized spacial score (nSPS) is 28.2. The standard InChI is InChI=1S/C24H32O11/c1-12(2)17-8-7-9-19(18(29)10-17)34-24-23(33-16(6)28)22(32-15(5)27)21(31-14(4)26)20(35-24)11-30-13(3)25/h7-10,12,18,20-24,29H,11H2,1-6H3/t18?,20-,21-,22+,23-,24-/m1/s1. The van der Waals surface area contributed by atoms with E-state index < -0.39 is 60.7 Å². The van der Waals surface area contributed by atoms with Crippen LogP contribution in [0.15, 0.2) is 35.6 Å². The molecule has 1 aliphatic carbocycles. The number of carbonyl (C=O) groups excluding carboxylic acids is 4. The Balaban J connectivity index is 2.46. The number of rotatable bonds is 8. The molecule has 1 aliphatic heterocycles. The van der Waals surface area contributed by atoms with Gasteiger partial charge in [0.1, 0.15) is 24.6 Å². The van der Waals surface area contributed by atoms with Crippen LogP contribution in [0.3, 0.4) is 0 Å². The summed E-state index contributed by atoms with van der Waals surface area (Å²) in [6.07, 6.45) is -1.14. The molecule has 1 unspecified atom stereocenters. The third-order valence-corrected chi connectivity index (χ3v) is 5.06. The Morgan fingerprint density at radius 2 is 1.49 bits per heavy atom. The molecule has 194 valence electrons. The van der Waals surface area contributed by atoms with Gasteiger partial charge in [-0.05, 0) is 23.6 Å². The van der Waals surface area contributed by atoms with E-state index in [9.17, 15) is 24.3 Å². The summed E-state index contributed by atoms with van der Waals surface area (Å²) in [5.74, 6) is -2.66. The lowest BCUT2D eigenvalue weighted by Crippen LogP contribution is -2.63. The number of hydrogen-bond donors (Lipinski definition) is 1. The smallest absolute Gasteiger partial charge is 0.303 e. The van der Waals surface area contributed by atoms with Gasteiger partial charge in [-0.1, -0.05) is 26.0 Å². The number of hydrogen-bond acceptors (Lipinski definition) is 11. The lowest BCUT2D eigenvalue weighted by atomic mass is 9.98. The van der Waals surface area contributed by atoms with Gasteiger partial charge in [0, 0.05) is 27.7 Å². The molecule has 6 atom stereocenters. The predicted octanol–water partition coefficient (Wildman–Crippen LogP) is 1.48. The van der Waals surface area contributed by atoms with Crippen molar-refractivity contribution in [1.82, 2.24) is 0 Å². The van der Waals surface area contributed by atoms with Gasteiger partial charge in [-0.2, -0.15) is 0 Å². The quantitative estimate of drug-likeness (QED) is 0.385. The molecular formula is C24H32O11. The molecule has 1 fully saturated rings. The zero-order valence-electron chi connectivity index (χ0n) is 20.6. The van der Waals surface area contributed by atoms with E-state index in [4.69, 9.17) is 28.4 Å². The van der Waals surface area contributed by atoms with Gasteiger partial charge < -0.3 is 33.5 Å². The van der Waals surface area contributed by atoms with E-state index in [2.05, 4.69) is 0 Å². The number of esters is 4. The van der Waals surface area contributed by atoms with Gasteiger partial charge in [-0.25, -0.2) is 0 Å². The maximum absolute atomic E-state index is 11.9. The largest absolute Gasteiger partial charge is 0.463 e. The van der Waals surface area contributed by atoms with Gasteiger partial charge in [-0.15, -0.1) is 0 Å². The highest BCUT2D eigenvalue weighted by Gasteiger charge is 2.53. The molecule has 2 aliphatic rings. The lowest BCUT2D eigenvalue weighted by molar-refractivity contribution is -0.301. The van der Waals surface area contributed by atoms with Gasteiger partial charge in [-0.3, -0.25) is 19.2 Å². The summed E-state index contributed by atoms with van der Waals surface area (Å²) in [7, 11) is 0. The molecule has 1 heterocycles. The van der Waals surface area contributed by atoms with Crippen LogP contribution in [0.4, 0.5) is 0 Å². The number of aliphatic hydroxyl groups excluding tert-OH is 1. The predicted molar refractivity (Wildman–Crippen MR) is 119 cm³/mol. The van der Waals surface area contributed by atoms with E-state index in [0.29, 0.717) is 0 Å². The summed E-state index contributed by atoms with van der Waals surface area (Å²) < 4.78 is 32.9. The summed E-state index contributed by atoms with van der Waals surface area (Å²) in [5, 5.41) is 10.7. The van der Waals surface area contributed by atoms with E-state index in [-0.39, 0.29) is 18.3 Å². The second-order valence-electron chi connectivity index (χ2n) is 8.38. The highest BCUT2D eigenvalue weighted by molar-refractivity contribution is 5.68. The number of ether oxygens (including phenoxy) is 6. The Morgan fingerprint density at radius 1 is 0.914 bits per heavy atom. The van der Waals surface area contributed by atoms with E-state index in [1.807, 2.05) is 19.9 Å². The molecule has 11 nitrogen and oxygen atoms in total. The average molecular weight is 497 g/mol. The Morgan fingerprint density at radius 3 is 2.03 bits per heavy atom. The van der Waals surface area contributed by atoms with Crippen molar-refractivity contribution in [2.24, 2.45) is 5.92 Å². The third kappa shape index (κ3) is 8.22. The molecule has 0 aromatic rings. The highest BCUT2D eigenvalue weighted by atomic mass is 16.7. The number of aliphatic hydroxyl groups is 1. The topological polar surface area (TPSA) is 144 Å². The van der Waals surface area contributed by atoms with Crippen molar-refractivity contribution in [3.05, 3.63) is 35.6 Å². The van der Waals surface area contributed by atoms with Crippen LogP contribution in [0.25, 0.3) is 0 Å². The van der Waals surface area contributed by atoms with Crippen molar-refractivity contribution in [1.29, 1.82) is 0 Å². The van der Waals surface area contributed by atoms with Crippen LogP contribution < -0.4 is 0 Å². The molecule has 1 saturated heterocycles. The molecule has 11 heteroatoms. The van der Waals surface area contributed by atoms with Crippen LogP contribution >= 0.6 is 0 Å². The molecule has 1 N–H and O–H groups in total. The summed E-state index contributed by atoms with van der Waals surface area (Å²) in [6.45, 7) is 8.13. The summed E-state index contributed by atoms with van der Waals surface area (Å²) in [5.41, 5.74) is 0.869. The summed E-state index contributed by atoms with van der Waals surface area (Å²) in [4.78, 5) is 47.0. The fourth-order valence-electron chi connectivity index (χ4n) is 3.58. The van der Waals surface area contributed by atoms with Gasteiger partial charge in [0.05, 0.1) is 0 Å². The van der Waals surface area contributed by atoms with Crippen LogP contribution in [-0.2, 0) is 47.6 Å². The first-order valence-electron chi connectivity index (χ1n) is 11.1. The zero-order valence-corrected chi connectivity index (χ0v) is 20.6. The maximum Gasteiger partial charge on any atom is 0.303 e. The molecule has 2 rings (SSSR count). The minimum atomic E-state index is -1.42. The number of allylic oxidation sites excluding steroid dienone is 4. The molecule has 0 radical (unpaired) electrons. The Hall–Kier alpha value is -3.18. The van der Waals surface area contributed by atoms with Crippen LogP contribution in [0.2, 0.25) is 0 Å². The van der Waals surface area contributed by atoms with Crippen LogP contribution in [0, 0.1) is 5.92 Å². The molecule has 0 bridgehead atoms. The number of carbonyl (C=O) groups is 4. The second kappa shape index (κ2) is 12.5. The first kappa shape index (κ1) is 28.1. The lowest BCUT2D eigenvalue weighted by Gasteiger charge is -2.44. The minimum Gasteiger partial charge on any atom is -0.463 e. The van der Waals surface area contributed by atoms with Crippen molar-refractivity contribution < 1.29 is 52.7 Å². The second-order valence-corrected chi connectivity index (χ2v) is 8.38. The van der Waals surface area contributed by atoms with Gasteiger partial charge in [0.25, 0.3) is 0 Å².